The number of carbonyl (C=O) groups is 2. The van der Waals surface area contributed by atoms with Gasteiger partial charge in [0.2, 0.25) is 0 Å². The molecule has 1 unspecified atom stereocenters. The van der Waals surface area contributed by atoms with Crippen LogP contribution < -0.4 is 4.74 Å². The van der Waals surface area contributed by atoms with Gasteiger partial charge in [0.15, 0.2) is 0 Å². The van der Waals surface area contributed by atoms with Gasteiger partial charge < -0.3 is 19.5 Å². The normalized spacial score (nSPS) is 18.7. The number of amides is 1. The van der Waals surface area contributed by atoms with E-state index in [0.29, 0.717) is 25.3 Å². The van der Waals surface area contributed by atoms with Gasteiger partial charge in [0, 0.05) is 30.9 Å². The van der Waals surface area contributed by atoms with Crippen LogP contribution in [0.15, 0.2) is 36.7 Å². The third-order valence-electron chi connectivity index (χ3n) is 4.91. The summed E-state index contributed by atoms with van der Waals surface area (Å²) in [5, 5.41) is 9.09. The van der Waals surface area contributed by atoms with E-state index in [4.69, 9.17) is 14.6 Å². The van der Waals surface area contributed by atoms with Crippen LogP contribution in [0.1, 0.15) is 22.3 Å². The lowest BCUT2D eigenvalue weighted by Crippen LogP contribution is -2.49. The Kier molecular flexibility index (Phi) is 4.77. The zero-order chi connectivity index (χ0) is 18.8. The van der Waals surface area contributed by atoms with E-state index >= 15 is 0 Å². The first kappa shape index (κ1) is 17.5. The van der Waals surface area contributed by atoms with Crippen LogP contribution in [0.5, 0.6) is 5.75 Å². The smallest absolute Gasteiger partial charge is 0.305 e. The summed E-state index contributed by atoms with van der Waals surface area (Å²) in [5.41, 5.74) is 3.42. The summed E-state index contributed by atoms with van der Waals surface area (Å²) < 4.78 is 10.9. The van der Waals surface area contributed by atoms with Crippen LogP contribution in [-0.4, -0.2) is 59.3 Å². The molecule has 7 heteroatoms. The molecule has 3 heterocycles. The van der Waals surface area contributed by atoms with E-state index in [9.17, 15) is 9.59 Å². The second-order valence-electron chi connectivity index (χ2n) is 6.71. The van der Waals surface area contributed by atoms with Crippen molar-refractivity contribution in [1.82, 2.24) is 9.88 Å². The van der Waals surface area contributed by atoms with E-state index in [1.165, 1.54) is 6.20 Å². The van der Waals surface area contributed by atoms with Gasteiger partial charge in [-0.25, -0.2) is 0 Å². The molecule has 1 atom stereocenters. The molecular formula is C20H20N2O5. The van der Waals surface area contributed by atoms with Crippen molar-refractivity contribution in [3.8, 4) is 16.9 Å². The van der Waals surface area contributed by atoms with Gasteiger partial charge in [-0.1, -0.05) is 6.07 Å². The van der Waals surface area contributed by atoms with Gasteiger partial charge in [0.05, 0.1) is 37.8 Å². The number of nitrogens with zero attached hydrogens (tertiary/aromatic N) is 2. The largest absolute Gasteiger partial charge is 0.493 e. The van der Waals surface area contributed by atoms with Crippen LogP contribution >= 0.6 is 0 Å². The monoisotopic (exact) mass is 368 g/mol. The lowest BCUT2D eigenvalue weighted by Gasteiger charge is -2.34. The number of rotatable bonds is 4. The van der Waals surface area contributed by atoms with Crippen LogP contribution in [0.2, 0.25) is 0 Å². The second kappa shape index (κ2) is 7.36. The lowest BCUT2D eigenvalue weighted by atomic mass is 10.0. The SMILES string of the molecule is O=C(O)CC1COCCN1C(=O)c1cncc(-c2ccc3c(c2)CCO3)c1. The van der Waals surface area contributed by atoms with Gasteiger partial charge in [-0.2, -0.15) is 0 Å². The van der Waals surface area contributed by atoms with Gasteiger partial charge >= 0.3 is 5.97 Å². The van der Waals surface area contributed by atoms with Crippen molar-refractivity contribution in [2.24, 2.45) is 0 Å². The summed E-state index contributed by atoms with van der Waals surface area (Å²) in [4.78, 5) is 29.9. The highest BCUT2D eigenvalue weighted by Crippen LogP contribution is 2.30. The molecule has 27 heavy (non-hydrogen) atoms. The van der Waals surface area contributed by atoms with Gasteiger partial charge in [-0.05, 0) is 29.3 Å². The number of carboxylic acids is 1. The van der Waals surface area contributed by atoms with Crippen LogP contribution in [0.4, 0.5) is 0 Å². The summed E-state index contributed by atoms with van der Waals surface area (Å²) in [6.07, 6.45) is 3.99. The Balaban J connectivity index is 1.59. The van der Waals surface area contributed by atoms with Crippen LogP contribution in [-0.2, 0) is 16.0 Å². The highest BCUT2D eigenvalue weighted by atomic mass is 16.5. The van der Waals surface area contributed by atoms with E-state index < -0.39 is 12.0 Å². The fraction of sp³-hybridized carbons (Fsp3) is 0.350. The van der Waals surface area contributed by atoms with Crippen LogP contribution in [0.25, 0.3) is 11.1 Å². The first-order valence-corrected chi connectivity index (χ1v) is 8.93. The fourth-order valence-corrected chi connectivity index (χ4v) is 3.54. The Labute approximate surface area is 156 Å². The number of fused-ring (bicyclic) bond motifs is 1. The van der Waals surface area contributed by atoms with Crippen LogP contribution in [0.3, 0.4) is 0 Å². The number of hydrogen-bond acceptors (Lipinski definition) is 5. The molecule has 2 aliphatic heterocycles. The lowest BCUT2D eigenvalue weighted by molar-refractivity contribution is -0.139. The second-order valence-corrected chi connectivity index (χ2v) is 6.71. The maximum Gasteiger partial charge on any atom is 0.305 e. The predicted molar refractivity (Wildman–Crippen MR) is 96.8 cm³/mol. The topological polar surface area (TPSA) is 89.0 Å². The molecule has 0 saturated carbocycles. The summed E-state index contributed by atoms with van der Waals surface area (Å²) in [6.45, 7) is 1.70. The van der Waals surface area contributed by atoms with Crippen molar-refractivity contribution in [2.45, 2.75) is 18.9 Å². The minimum Gasteiger partial charge on any atom is -0.493 e. The number of hydrogen-bond donors (Lipinski definition) is 1. The van der Waals surface area contributed by atoms with E-state index in [1.807, 2.05) is 12.1 Å². The number of benzene rings is 1. The van der Waals surface area contributed by atoms with E-state index in [0.717, 1.165) is 28.9 Å². The van der Waals surface area contributed by atoms with Crippen molar-refractivity contribution in [3.63, 3.8) is 0 Å². The fourth-order valence-electron chi connectivity index (χ4n) is 3.54. The van der Waals surface area contributed by atoms with Crippen molar-refractivity contribution in [2.75, 3.05) is 26.4 Å². The highest BCUT2D eigenvalue weighted by molar-refractivity contribution is 5.95. The summed E-state index contributed by atoms with van der Waals surface area (Å²) >= 11 is 0. The quantitative estimate of drug-likeness (QED) is 0.888. The molecule has 7 nitrogen and oxygen atoms in total. The van der Waals surface area contributed by atoms with E-state index in [1.54, 1.807) is 17.2 Å². The van der Waals surface area contributed by atoms with Crippen molar-refractivity contribution >= 4 is 11.9 Å². The number of aromatic nitrogens is 1. The zero-order valence-corrected chi connectivity index (χ0v) is 14.8. The maximum absolute atomic E-state index is 13.0. The summed E-state index contributed by atoms with van der Waals surface area (Å²) in [6, 6.07) is 7.30. The molecule has 0 aliphatic carbocycles. The minimum absolute atomic E-state index is 0.135. The molecule has 0 spiro atoms. The first-order valence-electron chi connectivity index (χ1n) is 8.93. The average molecular weight is 368 g/mol. The number of aliphatic carboxylic acids is 1. The molecule has 2 aliphatic rings. The predicted octanol–water partition coefficient (Wildman–Crippen LogP) is 2.00. The van der Waals surface area contributed by atoms with Crippen molar-refractivity contribution < 1.29 is 24.2 Å². The Morgan fingerprint density at radius 3 is 2.93 bits per heavy atom. The summed E-state index contributed by atoms with van der Waals surface area (Å²) in [5.74, 6) is -0.261. The molecule has 1 amide bonds. The molecule has 1 N–H and O–H groups in total. The third-order valence-corrected chi connectivity index (χ3v) is 4.91. The minimum atomic E-state index is -0.949. The summed E-state index contributed by atoms with van der Waals surface area (Å²) in [7, 11) is 0. The molecule has 1 fully saturated rings. The maximum atomic E-state index is 13.0. The van der Waals surface area contributed by atoms with Gasteiger partial charge in [0.25, 0.3) is 5.91 Å². The number of carbonyl (C=O) groups excluding carboxylic acids is 1. The molecule has 1 aromatic heterocycles. The van der Waals surface area contributed by atoms with Gasteiger partial charge in [-0.3, -0.25) is 14.6 Å². The third kappa shape index (κ3) is 3.64. The van der Waals surface area contributed by atoms with Gasteiger partial charge in [-0.15, -0.1) is 0 Å². The van der Waals surface area contributed by atoms with Crippen molar-refractivity contribution in [1.29, 1.82) is 0 Å². The zero-order valence-electron chi connectivity index (χ0n) is 14.8. The Morgan fingerprint density at radius 1 is 1.19 bits per heavy atom. The molecule has 1 aromatic carbocycles. The van der Waals surface area contributed by atoms with Crippen LogP contribution in [0, 0.1) is 0 Å². The number of morpholine rings is 1. The number of carboxylic acid groups (broad SMARTS) is 1. The Morgan fingerprint density at radius 2 is 2.07 bits per heavy atom. The number of pyridine rings is 1. The molecular weight excluding hydrogens is 348 g/mol. The standard InChI is InChI=1S/C20H20N2O5/c23-19(24)9-17-12-26-6-4-22(17)20(25)16-8-15(10-21-11-16)13-1-2-18-14(7-13)3-5-27-18/h1-2,7-8,10-11,17H,3-6,9,12H2,(H,23,24). The average Bonchev–Trinajstić information content (AvgIpc) is 3.15. The number of ether oxygens (including phenoxy) is 2. The molecule has 4 rings (SSSR count). The molecule has 2 aromatic rings. The first-order chi connectivity index (χ1) is 13.1. The van der Waals surface area contributed by atoms with E-state index in [-0.39, 0.29) is 18.9 Å². The highest BCUT2D eigenvalue weighted by Gasteiger charge is 2.30. The molecule has 140 valence electrons. The Bertz CT molecular complexity index is 882. The van der Waals surface area contributed by atoms with Gasteiger partial charge in [0.1, 0.15) is 5.75 Å². The van der Waals surface area contributed by atoms with Crippen molar-refractivity contribution in [3.05, 3.63) is 47.8 Å². The molecule has 0 radical (unpaired) electrons. The Hall–Kier alpha value is -2.93. The molecule has 0 bridgehead atoms. The molecule has 1 saturated heterocycles. The van der Waals surface area contributed by atoms with E-state index in [2.05, 4.69) is 11.1 Å².